The van der Waals surface area contributed by atoms with Gasteiger partial charge in [0.1, 0.15) is 17.0 Å². The summed E-state index contributed by atoms with van der Waals surface area (Å²) in [6.45, 7) is 2.08. The fourth-order valence-corrected chi connectivity index (χ4v) is 1.77. The van der Waals surface area contributed by atoms with Crippen LogP contribution in [0.1, 0.15) is 21.8 Å². The van der Waals surface area contributed by atoms with E-state index in [0.29, 0.717) is 18.0 Å². The molecule has 2 aromatic rings. The number of amides is 1. The Morgan fingerprint density at radius 1 is 1.53 bits per heavy atom. The Morgan fingerprint density at radius 3 is 2.89 bits per heavy atom. The number of hydrogen-bond acceptors (Lipinski definition) is 4. The molecule has 0 fully saturated rings. The van der Waals surface area contributed by atoms with Gasteiger partial charge in [0.15, 0.2) is 0 Å². The third kappa shape index (κ3) is 2.73. The van der Waals surface area contributed by atoms with Crippen molar-refractivity contribution in [2.24, 2.45) is 7.05 Å². The summed E-state index contributed by atoms with van der Waals surface area (Å²) in [6, 6.07) is 4.95. The fourth-order valence-electron chi connectivity index (χ4n) is 1.77. The predicted molar refractivity (Wildman–Crippen MR) is 68.7 cm³/mol. The zero-order chi connectivity index (χ0) is 14.0. The Labute approximate surface area is 110 Å². The maximum absolute atomic E-state index is 12.2. The van der Waals surface area contributed by atoms with Crippen LogP contribution in [0.5, 0.6) is 0 Å². The van der Waals surface area contributed by atoms with Crippen LogP contribution in [0, 0.1) is 6.92 Å². The van der Waals surface area contributed by atoms with Gasteiger partial charge in [-0.15, -0.1) is 0 Å². The molecule has 0 spiro atoms. The molecule has 2 rings (SSSR count). The van der Waals surface area contributed by atoms with E-state index in [1.54, 1.807) is 39.3 Å². The van der Waals surface area contributed by atoms with Gasteiger partial charge >= 0.3 is 0 Å². The fraction of sp³-hybridized carbons (Fsp3) is 0.308. The van der Waals surface area contributed by atoms with E-state index in [2.05, 4.69) is 5.16 Å². The van der Waals surface area contributed by atoms with Crippen molar-refractivity contribution in [1.29, 1.82) is 0 Å². The molecule has 0 aliphatic rings. The van der Waals surface area contributed by atoms with Crippen molar-refractivity contribution in [3.8, 4) is 0 Å². The van der Waals surface area contributed by atoms with Crippen LogP contribution < -0.4 is 5.56 Å². The first kappa shape index (κ1) is 13.1. The Kier molecular flexibility index (Phi) is 3.50. The highest BCUT2D eigenvalue weighted by Gasteiger charge is 2.17. The van der Waals surface area contributed by atoms with Crippen LogP contribution in [0.2, 0.25) is 0 Å². The lowest BCUT2D eigenvalue weighted by molar-refractivity contribution is 0.0780. The summed E-state index contributed by atoms with van der Waals surface area (Å²) < 4.78 is 6.32. The molecule has 0 aliphatic heterocycles. The second kappa shape index (κ2) is 5.09. The monoisotopic (exact) mass is 261 g/mol. The summed E-state index contributed by atoms with van der Waals surface area (Å²) in [7, 11) is 3.24. The van der Waals surface area contributed by atoms with Gasteiger partial charge in [-0.1, -0.05) is 5.16 Å². The smallest absolute Gasteiger partial charge is 0.263 e. The lowest BCUT2D eigenvalue weighted by Crippen LogP contribution is -2.33. The van der Waals surface area contributed by atoms with E-state index in [-0.39, 0.29) is 17.0 Å². The highest BCUT2D eigenvalue weighted by Crippen LogP contribution is 2.06. The number of rotatable bonds is 3. The second-order valence-corrected chi connectivity index (χ2v) is 4.43. The van der Waals surface area contributed by atoms with E-state index in [1.165, 1.54) is 15.5 Å². The van der Waals surface area contributed by atoms with Gasteiger partial charge in [0.25, 0.3) is 11.5 Å². The normalized spacial score (nSPS) is 10.5. The van der Waals surface area contributed by atoms with Crippen LogP contribution in [0.4, 0.5) is 0 Å². The van der Waals surface area contributed by atoms with Crippen molar-refractivity contribution in [3.05, 3.63) is 51.8 Å². The van der Waals surface area contributed by atoms with E-state index in [4.69, 9.17) is 4.52 Å². The Hall–Kier alpha value is -2.37. The van der Waals surface area contributed by atoms with Gasteiger partial charge in [0.2, 0.25) is 0 Å². The zero-order valence-electron chi connectivity index (χ0n) is 11.1. The van der Waals surface area contributed by atoms with Gasteiger partial charge in [-0.2, -0.15) is 0 Å². The molecule has 100 valence electrons. The largest absolute Gasteiger partial charge is 0.361 e. The third-order valence-corrected chi connectivity index (χ3v) is 2.78. The first-order valence-electron chi connectivity index (χ1n) is 5.82. The molecule has 0 radical (unpaired) electrons. The van der Waals surface area contributed by atoms with Crippen LogP contribution in [0.25, 0.3) is 0 Å². The number of hydrogen-bond donors (Lipinski definition) is 0. The number of carbonyl (C=O) groups excluding carboxylic acids is 1. The number of carbonyl (C=O) groups is 1. The summed E-state index contributed by atoms with van der Waals surface area (Å²) in [5, 5.41) is 3.82. The minimum absolute atomic E-state index is 0.146. The topological polar surface area (TPSA) is 68.3 Å². The summed E-state index contributed by atoms with van der Waals surface area (Å²) in [5.41, 5.74) is 0.490. The van der Waals surface area contributed by atoms with Crippen LogP contribution in [-0.2, 0) is 13.6 Å². The molecule has 0 aliphatic carbocycles. The van der Waals surface area contributed by atoms with Crippen LogP contribution in [-0.4, -0.2) is 27.6 Å². The molecule has 0 atom stereocenters. The molecule has 0 bridgehead atoms. The van der Waals surface area contributed by atoms with Gasteiger partial charge in [0.05, 0.1) is 6.54 Å². The maximum Gasteiger partial charge on any atom is 0.263 e. The number of pyridine rings is 1. The molecular weight excluding hydrogens is 246 g/mol. The van der Waals surface area contributed by atoms with Crippen LogP contribution in [0.15, 0.2) is 33.7 Å². The molecule has 0 saturated heterocycles. The van der Waals surface area contributed by atoms with Crippen molar-refractivity contribution >= 4 is 5.91 Å². The van der Waals surface area contributed by atoms with Gasteiger partial charge in [-0.25, -0.2) is 0 Å². The molecule has 6 nitrogen and oxygen atoms in total. The predicted octanol–water partition coefficient (Wildman–Crippen LogP) is 0.954. The molecule has 0 aromatic carbocycles. The van der Waals surface area contributed by atoms with E-state index in [9.17, 15) is 9.59 Å². The van der Waals surface area contributed by atoms with Crippen molar-refractivity contribution in [3.63, 3.8) is 0 Å². The summed E-state index contributed by atoms with van der Waals surface area (Å²) in [6.07, 6.45) is 1.61. The van der Waals surface area contributed by atoms with Crippen LogP contribution in [0.3, 0.4) is 0 Å². The summed E-state index contributed by atoms with van der Waals surface area (Å²) >= 11 is 0. The van der Waals surface area contributed by atoms with Crippen LogP contribution >= 0.6 is 0 Å². The molecule has 2 heterocycles. The van der Waals surface area contributed by atoms with E-state index in [0.717, 1.165) is 0 Å². The molecule has 2 aromatic heterocycles. The first-order valence-corrected chi connectivity index (χ1v) is 5.82. The Balaban J connectivity index is 2.19. The zero-order valence-corrected chi connectivity index (χ0v) is 11.1. The Morgan fingerprint density at radius 2 is 2.26 bits per heavy atom. The summed E-state index contributed by atoms with van der Waals surface area (Å²) in [5.74, 6) is 0.355. The lowest BCUT2D eigenvalue weighted by atomic mass is 10.2. The van der Waals surface area contributed by atoms with E-state index < -0.39 is 0 Å². The Bertz CT molecular complexity index is 657. The van der Waals surface area contributed by atoms with Gasteiger partial charge in [-0.05, 0) is 19.1 Å². The van der Waals surface area contributed by atoms with Crippen molar-refractivity contribution in [2.75, 3.05) is 7.05 Å². The van der Waals surface area contributed by atoms with Crippen molar-refractivity contribution in [1.82, 2.24) is 14.6 Å². The molecule has 0 unspecified atom stereocenters. The quantitative estimate of drug-likeness (QED) is 0.825. The minimum Gasteiger partial charge on any atom is -0.361 e. The average molecular weight is 261 g/mol. The molecule has 1 amide bonds. The van der Waals surface area contributed by atoms with Gasteiger partial charge < -0.3 is 14.0 Å². The van der Waals surface area contributed by atoms with Crippen molar-refractivity contribution < 1.29 is 9.32 Å². The maximum atomic E-state index is 12.2. The number of aryl methyl sites for hydroxylation is 2. The summed E-state index contributed by atoms with van der Waals surface area (Å²) in [4.78, 5) is 25.5. The van der Waals surface area contributed by atoms with Crippen molar-refractivity contribution in [2.45, 2.75) is 13.5 Å². The molecule has 19 heavy (non-hydrogen) atoms. The lowest BCUT2D eigenvalue weighted by Gasteiger charge is -2.15. The molecule has 0 saturated carbocycles. The number of aromatic nitrogens is 2. The first-order chi connectivity index (χ1) is 8.99. The standard InChI is InChI=1S/C13H15N3O3/c1-9-7-10(14-19-9)8-16(3)13(18)11-5-4-6-15(2)12(11)17/h4-7H,8H2,1-3H3. The average Bonchev–Trinajstić information content (AvgIpc) is 2.77. The molecule has 0 N–H and O–H groups in total. The highest BCUT2D eigenvalue weighted by atomic mass is 16.5. The third-order valence-electron chi connectivity index (χ3n) is 2.78. The van der Waals surface area contributed by atoms with Gasteiger partial charge in [-0.3, -0.25) is 9.59 Å². The molecule has 6 heteroatoms. The van der Waals surface area contributed by atoms with E-state index >= 15 is 0 Å². The number of nitrogens with zero attached hydrogens (tertiary/aromatic N) is 3. The molecular formula is C13H15N3O3. The highest BCUT2D eigenvalue weighted by molar-refractivity contribution is 5.93. The van der Waals surface area contributed by atoms with E-state index in [1.807, 2.05) is 0 Å². The SMILES string of the molecule is Cc1cc(CN(C)C(=O)c2cccn(C)c2=O)no1. The second-order valence-electron chi connectivity index (χ2n) is 4.43. The minimum atomic E-state index is -0.332. The van der Waals surface area contributed by atoms with Gasteiger partial charge in [0, 0.05) is 26.4 Å².